The molecule has 3 nitrogen and oxygen atoms in total. The lowest BCUT2D eigenvalue weighted by Crippen LogP contribution is -2.10. The highest BCUT2D eigenvalue weighted by molar-refractivity contribution is 6.21. The van der Waals surface area contributed by atoms with Gasteiger partial charge in [0, 0.05) is 43.7 Å². The maximum atomic E-state index is 6.69. The van der Waals surface area contributed by atoms with Gasteiger partial charge in [0.05, 0.1) is 27.8 Å². The lowest BCUT2D eigenvalue weighted by molar-refractivity contribution is 0.672. The molecule has 0 atom stereocenters. The SMILES string of the molecule is c1ccc(-n2c3cc(-c4ccc(N(c5cccc6ccccc56)c5cccc6oc7c8ccccc8ccc7c56)cc4)ccc3c3ccc4ccccc4c32)cc1. The van der Waals surface area contributed by atoms with Gasteiger partial charge in [-0.1, -0.05) is 152 Å². The van der Waals surface area contributed by atoms with Crippen LogP contribution in [-0.2, 0) is 0 Å². The summed E-state index contributed by atoms with van der Waals surface area (Å²) in [6, 6.07) is 74.5. The molecule has 3 heteroatoms. The Morgan fingerprint density at radius 1 is 0.386 bits per heavy atom. The van der Waals surface area contributed by atoms with Crippen molar-refractivity contribution < 1.29 is 4.42 Å². The third-order valence-corrected chi connectivity index (χ3v) is 11.7. The van der Waals surface area contributed by atoms with Gasteiger partial charge in [-0.3, -0.25) is 0 Å². The maximum Gasteiger partial charge on any atom is 0.143 e. The number of hydrogen-bond acceptors (Lipinski definition) is 2. The number of nitrogens with zero attached hydrogens (tertiary/aromatic N) is 2. The van der Waals surface area contributed by atoms with Crippen molar-refractivity contribution in [2.45, 2.75) is 0 Å². The lowest BCUT2D eigenvalue weighted by Gasteiger charge is -2.27. The Balaban J connectivity index is 1.05. The molecule has 10 aromatic carbocycles. The molecular weight excluding hydrogens is 693 g/mol. The zero-order chi connectivity index (χ0) is 37.5. The fraction of sp³-hybridized carbons (Fsp3) is 0. The van der Waals surface area contributed by atoms with Crippen LogP contribution in [0.1, 0.15) is 0 Å². The zero-order valence-corrected chi connectivity index (χ0v) is 30.9. The number of rotatable bonds is 5. The van der Waals surface area contributed by atoms with Crippen LogP contribution in [0.25, 0.3) is 92.9 Å². The molecular formula is C54H34N2O. The summed E-state index contributed by atoms with van der Waals surface area (Å²) in [5.74, 6) is 0. The van der Waals surface area contributed by atoms with Crippen LogP contribution < -0.4 is 4.90 Å². The van der Waals surface area contributed by atoms with Gasteiger partial charge < -0.3 is 13.9 Å². The van der Waals surface area contributed by atoms with E-state index in [1.807, 2.05) is 0 Å². The molecule has 0 N–H and O–H groups in total. The minimum Gasteiger partial charge on any atom is -0.455 e. The highest BCUT2D eigenvalue weighted by Gasteiger charge is 2.22. The maximum absolute atomic E-state index is 6.69. The molecule has 0 unspecified atom stereocenters. The largest absolute Gasteiger partial charge is 0.455 e. The topological polar surface area (TPSA) is 21.3 Å². The van der Waals surface area contributed by atoms with Crippen molar-refractivity contribution in [1.29, 1.82) is 0 Å². The standard InChI is InChI=1S/C54H34N2O/c1-2-16-40(17-3-1)56-50-34-39(28-31-45(50)46-32-26-37-13-5-8-19-43(37)53(46)56)35-24-29-41(30-25-35)55(48-21-10-15-36-12-4-7-18-42(36)48)49-22-11-23-51-52(49)47-33-27-38-14-6-9-20-44(38)54(47)57-51/h1-34H. The van der Waals surface area contributed by atoms with Crippen LogP contribution in [0.2, 0.25) is 0 Å². The first kappa shape index (κ1) is 31.7. The summed E-state index contributed by atoms with van der Waals surface area (Å²) in [6.45, 7) is 0. The number of fused-ring (bicyclic) bond motifs is 11. The van der Waals surface area contributed by atoms with E-state index in [-0.39, 0.29) is 0 Å². The molecule has 2 heterocycles. The molecule has 12 aromatic rings. The van der Waals surface area contributed by atoms with E-state index in [0.717, 1.165) is 55.6 Å². The van der Waals surface area contributed by atoms with Crippen molar-refractivity contribution in [2.75, 3.05) is 4.90 Å². The second kappa shape index (κ2) is 12.5. The van der Waals surface area contributed by atoms with Gasteiger partial charge >= 0.3 is 0 Å². The molecule has 0 amide bonds. The molecule has 12 rings (SSSR count). The van der Waals surface area contributed by atoms with E-state index in [2.05, 4.69) is 216 Å². The molecule has 0 aliphatic rings. The summed E-state index contributed by atoms with van der Waals surface area (Å²) >= 11 is 0. The fourth-order valence-electron chi connectivity index (χ4n) is 9.14. The molecule has 0 radical (unpaired) electrons. The van der Waals surface area contributed by atoms with Crippen molar-refractivity contribution in [1.82, 2.24) is 4.57 Å². The van der Waals surface area contributed by atoms with Gasteiger partial charge in [0.1, 0.15) is 11.2 Å². The summed E-state index contributed by atoms with van der Waals surface area (Å²) in [4.78, 5) is 2.40. The number of furan rings is 1. The highest BCUT2D eigenvalue weighted by atomic mass is 16.3. The van der Waals surface area contributed by atoms with Gasteiger partial charge in [0.15, 0.2) is 0 Å². The Hall–Kier alpha value is -7.62. The van der Waals surface area contributed by atoms with Crippen molar-refractivity contribution in [2.24, 2.45) is 0 Å². The van der Waals surface area contributed by atoms with Gasteiger partial charge in [-0.05, 0) is 81.9 Å². The van der Waals surface area contributed by atoms with Gasteiger partial charge in [0.2, 0.25) is 0 Å². The van der Waals surface area contributed by atoms with E-state index in [9.17, 15) is 0 Å². The Morgan fingerprint density at radius 2 is 0.982 bits per heavy atom. The van der Waals surface area contributed by atoms with Gasteiger partial charge in [0.25, 0.3) is 0 Å². The molecule has 0 saturated carbocycles. The van der Waals surface area contributed by atoms with Crippen LogP contribution in [-0.4, -0.2) is 4.57 Å². The van der Waals surface area contributed by atoms with Gasteiger partial charge in [-0.2, -0.15) is 0 Å². The smallest absolute Gasteiger partial charge is 0.143 e. The second-order valence-electron chi connectivity index (χ2n) is 14.9. The minimum atomic E-state index is 0.871. The van der Waals surface area contributed by atoms with E-state index >= 15 is 0 Å². The lowest BCUT2D eigenvalue weighted by atomic mass is 10.0. The Bertz CT molecular complexity index is 3520. The number of hydrogen-bond donors (Lipinski definition) is 0. The first-order chi connectivity index (χ1) is 28.3. The monoisotopic (exact) mass is 726 g/mol. The molecule has 0 bridgehead atoms. The van der Waals surface area contributed by atoms with Crippen LogP contribution in [0.4, 0.5) is 17.1 Å². The zero-order valence-electron chi connectivity index (χ0n) is 30.9. The Labute approximate surface area is 328 Å². The first-order valence-corrected chi connectivity index (χ1v) is 19.5. The Morgan fingerprint density at radius 3 is 1.79 bits per heavy atom. The highest BCUT2D eigenvalue weighted by Crippen LogP contribution is 2.46. The average molecular weight is 727 g/mol. The van der Waals surface area contributed by atoms with E-state index in [1.54, 1.807) is 0 Å². The normalized spacial score (nSPS) is 11.9. The third-order valence-electron chi connectivity index (χ3n) is 11.7. The summed E-state index contributed by atoms with van der Waals surface area (Å²) in [6.07, 6.45) is 0. The van der Waals surface area contributed by atoms with E-state index in [1.165, 1.54) is 54.3 Å². The number of aromatic nitrogens is 1. The predicted molar refractivity (Wildman–Crippen MR) is 241 cm³/mol. The predicted octanol–water partition coefficient (Wildman–Crippen LogP) is 15.3. The van der Waals surface area contributed by atoms with Crippen molar-refractivity contribution in [3.63, 3.8) is 0 Å². The summed E-state index contributed by atoms with van der Waals surface area (Å²) in [5, 5.41) is 11.9. The van der Waals surface area contributed by atoms with E-state index in [0.29, 0.717) is 0 Å². The van der Waals surface area contributed by atoms with Crippen molar-refractivity contribution >= 4 is 93.1 Å². The number of para-hydroxylation sites is 1. The Kier molecular flexibility index (Phi) is 6.93. The van der Waals surface area contributed by atoms with Crippen LogP contribution in [0.3, 0.4) is 0 Å². The molecule has 0 aliphatic carbocycles. The average Bonchev–Trinajstić information content (AvgIpc) is 3.84. The van der Waals surface area contributed by atoms with Gasteiger partial charge in [-0.15, -0.1) is 0 Å². The van der Waals surface area contributed by atoms with Crippen LogP contribution in [0, 0.1) is 0 Å². The molecule has 2 aromatic heterocycles. The third kappa shape index (κ3) is 4.86. The van der Waals surface area contributed by atoms with Crippen molar-refractivity contribution in [3.8, 4) is 16.8 Å². The number of anilines is 3. The van der Waals surface area contributed by atoms with Crippen LogP contribution >= 0.6 is 0 Å². The van der Waals surface area contributed by atoms with Crippen molar-refractivity contribution in [3.05, 3.63) is 206 Å². The van der Waals surface area contributed by atoms with Crippen LogP contribution in [0.5, 0.6) is 0 Å². The van der Waals surface area contributed by atoms with Crippen LogP contribution in [0.15, 0.2) is 211 Å². The summed E-state index contributed by atoms with van der Waals surface area (Å²) in [5.41, 5.74) is 11.0. The van der Waals surface area contributed by atoms with E-state index < -0.39 is 0 Å². The minimum absolute atomic E-state index is 0.871. The van der Waals surface area contributed by atoms with Gasteiger partial charge in [-0.25, -0.2) is 0 Å². The second-order valence-corrected chi connectivity index (χ2v) is 14.9. The molecule has 266 valence electrons. The molecule has 0 spiro atoms. The van der Waals surface area contributed by atoms with E-state index in [4.69, 9.17) is 4.42 Å². The first-order valence-electron chi connectivity index (χ1n) is 19.5. The quantitative estimate of drug-likeness (QED) is 0.176. The fourth-order valence-corrected chi connectivity index (χ4v) is 9.14. The molecule has 0 fully saturated rings. The molecule has 0 saturated heterocycles. The summed E-state index contributed by atoms with van der Waals surface area (Å²) < 4.78 is 9.12. The molecule has 0 aliphatic heterocycles. The number of benzene rings is 10. The summed E-state index contributed by atoms with van der Waals surface area (Å²) in [7, 11) is 0. The molecule has 57 heavy (non-hydrogen) atoms.